The number of nitrogen functional groups attached to an aromatic ring is 1. The summed E-state index contributed by atoms with van der Waals surface area (Å²) in [7, 11) is 1.79. The Morgan fingerprint density at radius 3 is 3.00 bits per heavy atom. The van der Waals surface area contributed by atoms with Crippen LogP contribution in [0, 0.1) is 0 Å². The average Bonchev–Trinajstić information content (AvgIpc) is 2.75. The van der Waals surface area contributed by atoms with Crippen LogP contribution in [0.4, 0.5) is 11.5 Å². The molecular weight excluding hydrogens is 244 g/mol. The highest BCUT2D eigenvalue weighted by Gasteiger charge is 2.04. The Morgan fingerprint density at radius 2 is 2.32 bits per heavy atom. The van der Waals surface area contributed by atoms with Crippen molar-refractivity contribution >= 4 is 17.4 Å². The van der Waals surface area contributed by atoms with Crippen molar-refractivity contribution in [3.63, 3.8) is 0 Å². The predicted octanol–water partition coefficient (Wildman–Crippen LogP) is 1.41. The quantitative estimate of drug-likeness (QED) is 0.796. The number of nitrogens with zero attached hydrogens (tertiary/aromatic N) is 2. The summed E-state index contributed by atoms with van der Waals surface area (Å²) in [6, 6.07) is 8.83. The lowest BCUT2D eigenvalue weighted by Crippen LogP contribution is -2.15. The van der Waals surface area contributed by atoms with Crippen LogP contribution in [0.5, 0.6) is 5.75 Å². The number of aromatic nitrogens is 2. The van der Waals surface area contributed by atoms with Gasteiger partial charge >= 0.3 is 0 Å². The number of rotatable bonds is 5. The number of aryl methyl sites for hydroxylation is 1. The largest absolute Gasteiger partial charge is 0.493 e. The minimum atomic E-state index is -0.136. The molecule has 1 aromatic carbocycles. The summed E-state index contributed by atoms with van der Waals surface area (Å²) in [6.07, 6.45) is 2.02. The van der Waals surface area contributed by atoms with E-state index in [2.05, 4.69) is 10.4 Å². The van der Waals surface area contributed by atoms with Crippen molar-refractivity contribution in [1.29, 1.82) is 0 Å². The lowest BCUT2D eigenvalue weighted by atomic mass is 10.3. The van der Waals surface area contributed by atoms with Crippen LogP contribution in [0.1, 0.15) is 6.42 Å². The Hall–Kier alpha value is -2.50. The van der Waals surface area contributed by atoms with E-state index >= 15 is 0 Å². The van der Waals surface area contributed by atoms with E-state index in [0.29, 0.717) is 23.9 Å². The summed E-state index contributed by atoms with van der Waals surface area (Å²) >= 11 is 0. The number of anilines is 2. The number of benzene rings is 1. The SMILES string of the molecule is Cn1ccc(NC(=O)CCOc2cccc(N)c2)n1. The molecule has 0 atom stereocenters. The van der Waals surface area contributed by atoms with Gasteiger partial charge in [-0.1, -0.05) is 6.07 Å². The summed E-state index contributed by atoms with van der Waals surface area (Å²) in [5.41, 5.74) is 6.26. The first kappa shape index (κ1) is 12.9. The van der Waals surface area contributed by atoms with Gasteiger partial charge in [0, 0.05) is 31.1 Å². The van der Waals surface area contributed by atoms with Crippen molar-refractivity contribution in [2.45, 2.75) is 6.42 Å². The van der Waals surface area contributed by atoms with Crippen LogP contribution in [0.2, 0.25) is 0 Å². The summed E-state index contributed by atoms with van der Waals surface area (Å²) in [4.78, 5) is 11.6. The zero-order chi connectivity index (χ0) is 13.7. The van der Waals surface area contributed by atoms with E-state index < -0.39 is 0 Å². The molecule has 0 saturated heterocycles. The molecule has 0 bridgehead atoms. The van der Waals surface area contributed by atoms with Gasteiger partial charge in [-0.25, -0.2) is 0 Å². The van der Waals surface area contributed by atoms with Gasteiger partial charge < -0.3 is 15.8 Å². The Kier molecular flexibility index (Phi) is 4.02. The Labute approximate surface area is 111 Å². The zero-order valence-corrected chi connectivity index (χ0v) is 10.7. The first-order valence-electron chi connectivity index (χ1n) is 5.91. The van der Waals surface area contributed by atoms with E-state index in [1.54, 1.807) is 48.3 Å². The van der Waals surface area contributed by atoms with E-state index in [1.807, 2.05) is 0 Å². The molecule has 19 heavy (non-hydrogen) atoms. The van der Waals surface area contributed by atoms with E-state index in [0.717, 1.165) is 0 Å². The fourth-order valence-electron chi connectivity index (χ4n) is 1.55. The summed E-state index contributed by atoms with van der Waals surface area (Å²) < 4.78 is 7.06. The van der Waals surface area contributed by atoms with Crippen molar-refractivity contribution in [2.24, 2.45) is 7.05 Å². The van der Waals surface area contributed by atoms with Gasteiger partial charge in [-0.15, -0.1) is 0 Å². The molecule has 1 aromatic heterocycles. The fourth-order valence-corrected chi connectivity index (χ4v) is 1.55. The molecule has 1 heterocycles. The molecule has 3 N–H and O–H groups in total. The molecule has 0 aliphatic heterocycles. The van der Waals surface area contributed by atoms with Gasteiger partial charge in [-0.3, -0.25) is 9.48 Å². The summed E-state index contributed by atoms with van der Waals surface area (Å²) in [6.45, 7) is 0.294. The highest BCUT2D eigenvalue weighted by Crippen LogP contribution is 2.14. The van der Waals surface area contributed by atoms with Crippen LogP contribution < -0.4 is 15.8 Å². The van der Waals surface area contributed by atoms with E-state index in [-0.39, 0.29) is 12.3 Å². The van der Waals surface area contributed by atoms with Crippen LogP contribution in [-0.2, 0) is 11.8 Å². The number of nitrogens with one attached hydrogen (secondary N) is 1. The van der Waals surface area contributed by atoms with E-state index in [4.69, 9.17) is 10.5 Å². The number of nitrogens with two attached hydrogens (primary N) is 1. The molecule has 6 nitrogen and oxygen atoms in total. The molecule has 2 aromatic rings. The average molecular weight is 260 g/mol. The number of carbonyl (C=O) groups excluding carboxylic acids is 1. The smallest absolute Gasteiger partial charge is 0.229 e. The molecule has 0 saturated carbocycles. The van der Waals surface area contributed by atoms with Gasteiger partial charge in [0.05, 0.1) is 13.0 Å². The third-order valence-corrected chi connectivity index (χ3v) is 2.44. The van der Waals surface area contributed by atoms with E-state index in [1.165, 1.54) is 0 Å². The highest BCUT2D eigenvalue weighted by molar-refractivity contribution is 5.89. The topological polar surface area (TPSA) is 82.2 Å². The molecular formula is C13H16N4O2. The second-order valence-electron chi connectivity index (χ2n) is 4.09. The Bertz CT molecular complexity index is 565. The maximum absolute atomic E-state index is 11.6. The third kappa shape index (κ3) is 4.02. The summed E-state index contributed by atoms with van der Waals surface area (Å²) in [5, 5.41) is 6.74. The first-order chi connectivity index (χ1) is 9.13. The van der Waals surface area contributed by atoms with Crippen LogP contribution in [0.15, 0.2) is 36.5 Å². The van der Waals surface area contributed by atoms with Gasteiger partial charge in [0.2, 0.25) is 5.91 Å². The number of hydrogen-bond donors (Lipinski definition) is 2. The molecule has 0 aliphatic rings. The van der Waals surface area contributed by atoms with Gasteiger partial charge in [0.15, 0.2) is 5.82 Å². The number of amides is 1. The van der Waals surface area contributed by atoms with Crippen LogP contribution >= 0.6 is 0 Å². The molecule has 1 amide bonds. The molecule has 6 heteroatoms. The Balaban J connectivity index is 1.75. The molecule has 0 unspecified atom stereocenters. The van der Waals surface area contributed by atoms with Crippen molar-refractivity contribution in [2.75, 3.05) is 17.7 Å². The van der Waals surface area contributed by atoms with Crippen molar-refractivity contribution in [1.82, 2.24) is 9.78 Å². The maximum atomic E-state index is 11.6. The number of hydrogen-bond acceptors (Lipinski definition) is 4. The minimum absolute atomic E-state index is 0.136. The Morgan fingerprint density at radius 1 is 1.47 bits per heavy atom. The standard InChI is InChI=1S/C13H16N4O2/c1-17-7-5-12(16-17)15-13(18)6-8-19-11-4-2-3-10(14)9-11/h2-5,7,9H,6,8,14H2,1H3,(H,15,16,18). The van der Waals surface area contributed by atoms with Gasteiger partial charge in [0.25, 0.3) is 0 Å². The number of carbonyl (C=O) groups is 1. The monoisotopic (exact) mass is 260 g/mol. The van der Waals surface area contributed by atoms with Crippen LogP contribution in [0.3, 0.4) is 0 Å². The molecule has 2 rings (SSSR count). The fraction of sp³-hybridized carbons (Fsp3) is 0.231. The summed E-state index contributed by atoms with van der Waals surface area (Å²) in [5.74, 6) is 1.06. The lowest BCUT2D eigenvalue weighted by molar-refractivity contribution is -0.116. The van der Waals surface area contributed by atoms with Gasteiger partial charge in [-0.05, 0) is 12.1 Å². The lowest BCUT2D eigenvalue weighted by Gasteiger charge is -2.06. The van der Waals surface area contributed by atoms with Crippen LogP contribution in [0.25, 0.3) is 0 Å². The molecule has 0 fully saturated rings. The highest BCUT2D eigenvalue weighted by atomic mass is 16.5. The predicted molar refractivity (Wildman–Crippen MR) is 72.8 cm³/mol. The third-order valence-electron chi connectivity index (χ3n) is 2.44. The normalized spacial score (nSPS) is 10.2. The van der Waals surface area contributed by atoms with Crippen molar-refractivity contribution < 1.29 is 9.53 Å². The first-order valence-corrected chi connectivity index (χ1v) is 5.91. The molecule has 100 valence electrons. The van der Waals surface area contributed by atoms with Gasteiger partial charge in [0.1, 0.15) is 5.75 Å². The van der Waals surface area contributed by atoms with Crippen molar-refractivity contribution in [3.05, 3.63) is 36.5 Å². The zero-order valence-electron chi connectivity index (χ0n) is 10.7. The maximum Gasteiger partial charge on any atom is 0.229 e. The molecule has 0 radical (unpaired) electrons. The van der Waals surface area contributed by atoms with E-state index in [9.17, 15) is 4.79 Å². The number of ether oxygens (including phenoxy) is 1. The second kappa shape index (κ2) is 5.90. The van der Waals surface area contributed by atoms with Gasteiger partial charge in [-0.2, -0.15) is 5.10 Å². The molecule has 0 spiro atoms. The minimum Gasteiger partial charge on any atom is -0.493 e. The van der Waals surface area contributed by atoms with Crippen LogP contribution in [-0.4, -0.2) is 22.3 Å². The second-order valence-corrected chi connectivity index (χ2v) is 4.09. The van der Waals surface area contributed by atoms with Crippen molar-refractivity contribution in [3.8, 4) is 5.75 Å². The molecule has 0 aliphatic carbocycles.